The number of amides is 2. The zero-order chi connectivity index (χ0) is 17.6. The van der Waals surface area contributed by atoms with Gasteiger partial charge >= 0.3 is 0 Å². The number of halogens is 1. The molecular formula is C20H27ClN2O2. The van der Waals surface area contributed by atoms with Crippen LogP contribution in [0.25, 0.3) is 0 Å². The van der Waals surface area contributed by atoms with E-state index in [0.29, 0.717) is 30.4 Å². The Morgan fingerprint density at radius 1 is 0.960 bits per heavy atom. The van der Waals surface area contributed by atoms with Crippen LogP contribution in [0, 0.1) is 5.92 Å². The molecule has 2 aliphatic rings. The molecule has 136 valence electrons. The van der Waals surface area contributed by atoms with Crippen molar-refractivity contribution in [3.05, 3.63) is 34.9 Å². The standard InChI is InChI=1S/C20H27ClN2O2/c21-18-9-4-6-16(14-18)15-19(24)22-10-5-11-23(13-12-22)20(25)17-7-2-1-3-8-17/h4,6,9,14,17H,1-3,5,7-8,10-13,15H2. The molecule has 0 unspecified atom stereocenters. The Balaban J connectivity index is 1.53. The number of nitrogens with zero attached hydrogens (tertiary/aromatic N) is 2. The van der Waals surface area contributed by atoms with Crippen LogP contribution in [0.15, 0.2) is 24.3 Å². The molecule has 3 rings (SSSR count). The SMILES string of the molecule is O=C(Cc1cccc(Cl)c1)N1CCCN(C(=O)C2CCCCC2)CC1. The van der Waals surface area contributed by atoms with Crippen LogP contribution in [0.3, 0.4) is 0 Å². The largest absolute Gasteiger partial charge is 0.341 e. The van der Waals surface area contributed by atoms with Crippen molar-refractivity contribution in [2.75, 3.05) is 26.2 Å². The third-order valence-corrected chi connectivity index (χ3v) is 5.59. The van der Waals surface area contributed by atoms with E-state index in [9.17, 15) is 9.59 Å². The molecule has 1 aliphatic heterocycles. The molecule has 1 aliphatic carbocycles. The zero-order valence-corrected chi connectivity index (χ0v) is 15.5. The fourth-order valence-electron chi connectivity index (χ4n) is 3.93. The topological polar surface area (TPSA) is 40.6 Å². The molecule has 5 heteroatoms. The molecule has 2 amide bonds. The van der Waals surface area contributed by atoms with Crippen molar-refractivity contribution in [2.24, 2.45) is 5.92 Å². The summed E-state index contributed by atoms with van der Waals surface area (Å²) in [5.41, 5.74) is 0.942. The molecule has 0 radical (unpaired) electrons. The Kier molecular flexibility index (Phi) is 6.35. The minimum atomic E-state index is 0.120. The molecule has 25 heavy (non-hydrogen) atoms. The van der Waals surface area contributed by atoms with Gasteiger partial charge in [-0.05, 0) is 37.0 Å². The lowest BCUT2D eigenvalue weighted by Crippen LogP contribution is -2.40. The van der Waals surface area contributed by atoms with E-state index < -0.39 is 0 Å². The van der Waals surface area contributed by atoms with E-state index in [2.05, 4.69) is 0 Å². The first-order chi connectivity index (χ1) is 12.1. The van der Waals surface area contributed by atoms with Gasteiger partial charge in [0.25, 0.3) is 0 Å². The quantitative estimate of drug-likeness (QED) is 0.825. The monoisotopic (exact) mass is 362 g/mol. The maximum atomic E-state index is 12.7. The van der Waals surface area contributed by atoms with Crippen LogP contribution in [-0.2, 0) is 16.0 Å². The predicted molar refractivity (Wildman–Crippen MR) is 99.5 cm³/mol. The van der Waals surface area contributed by atoms with Gasteiger partial charge in [-0.2, -0.15) is 0 Å². The summed E-state index contributed by atoms with van der Waals surface area (Å²) in [6.45, 7) is 2.80. The number of hydrogen-bond donors (Lipinski definition) is 0. The normalized spacial score (nSPS) is 19.6. The highest BCUT2D eigenvalue weighted by Gasteiger charge is 2.28. The van der Waals surface area contributed by atoms with Crippen LogP contribution in [0.1, 0.15) is 44.1 Å². The third kappa shape index (κ3) is 4.97. The third-order valence-electron chi connectivity index (χ3n) is 5.36. The van der Waals surface area contributed by atoms with Gasteiger partial charge in [0, 0.05) is 37.1 Å². The van der Waals surface area contributed by atoms with E-state index in [1.165, 1.54) is 19.3 Å². The Labute approximate surface area is 155 Å². The van der Waals surface area contributed by atoms with Crippen LogP contribution >= 0.6 is 11.6 Å². The number of benzene rings is 1. The van der Waals surface area contributed by atoms with Crippen LogP contribution in [0.4, 0.5) is 0 Å². The molecule has 2 fully saturated rings. The Morgan fingerprint density at radius 3 is 2.44 bits per heavy atom. The van der Waals surface area contributed by atoms with E-state index >= 15 is 0 Å². The second kappa shape index (κ2) is 8.70. The molecule has 0 bridgehead atoms. The van der Waals surface area contributed by atoms with Crippen molar-refractivity contribution in [1.29, 1.82) is 0 Å². The molecule has 0 aromatic heterocycles. The van der Waals surface area contributed by atoms with Gasteiger partial charge in [-0.1, -0.05) is 43.0 Å². The van der Waals surface area contributed by atoms with Gasteiger partial charge in [0.05, 0.1) is 6.42 Å². The van der Waals surface area contributed by atoms with Gasteiger partial charge < -0.3 is 9.80 Å². The van der Waals surface area contributed by atoms with E-state index in [1.54, 1.807) is 0 Å². The molecule has 1 heterocycles. The van der Waals surface area contributed by atoms with Gasteiger partial charge in [-0.3, -0.25) is 9.59 Å². The zero-order valence-electron chi connectivity index (χ0n) is 14.8. The molecule has 1 saturated heterocycles. The maximum Gasteiger partial charge on any atom is 0.227 e. The second-order valence-electron chi connectivity index (χ2n) is 7.20. The Bertz CT molecular complexity index is 613. The maximum absolute atomic E-state index is 12.7. The van der Waals surface area contributed by atoms with Gasteiger partial charge in [0.1, 0.15) is 0 Å². The van der Waals surface area contributed by atoms with Crippen LogP contribution < -0.4 is 0 Å². The summed E-state index contributed by atoms with van der Waals surface area (Å²) >= 11 is 6.00. The van der Waals surface area contributed by atoms with Crippen LogP contribution in [0.5, 0.6) is 0 Å². The van der Waals surface area contributed by atoms with E-state index in [0.717, 1.165) is 37.9 Å². The highest BCUT2D eigenvalue weighted by molar-refractivity contribution is 6.30. The number of hydrogen-bond acceptors (Lipinski definition) is 2. The van der Waals surface area contributed by atoms with Crippen molar-refractivity contribution in [2.45, 2.75) is 44.9 Å². The Morgan fingerprint density at radius 2 is 1.68 bits per heavy atom. The minimum absolute atomic E-state index is 0.120. The summed E-state index contributed by atoms with van der Waals surface area (Å²) in [6, 6.07) is 7.46. The Hall–Kier alpha value is -1.55. The minimum Gasteiger partial charge on any atom is -0.341 e. The predicted octanol–water partition coefficient (Wildman–Crippen LogP) is 3.52. The summed E-state index contributed by atoms with van der Waals surface area (Å²) in [6.07, 6.45) is 6.91. The summed E-state index contributed by atoms with van der Waals surface area (Å²) < 4.78 is 0. The van der Waals surface area contributed by atoms with Crippen molar-refractivity contribution in [1.82, 2.24) is 9.80 Å². The van der Waals surface area contributed by atoms with Crippen LogP contribution in [0.2, 0.25) is 5.02 Å². The van der Waals surface area contributed by atoms with E-state index in [1.807, 2.05) is 34.1 Å². The fraction of sp³-hybridized carbons (Fsp3) is 0.600. The molecule has 0 spiro atoms. The smallest absolute Gasteiger partial charge is 0.227 e. The van der Waals surface area contributed by atoms with Crippen molar-refractivity contribution in [3.8, 4) is 0 Å². The molecule has 0 N–H and O–H groups in total. The second-order valence-corrected chi connectivity index (χ2v) is 7.64. The fourth-order valence-corrected chi connectivity index (χ4v) is 4.14. The summed E-state index contributed by atoms with van der Waals surface area (Å²) in [5, 5.41) is 0.658. The van der Waals surface area contributed by atoms with Crippen molar-refractivity contribution in [3.63, 3.8) is 0 Å². The van der Waals surface area contributed by atoms with Crippen molar-refractivity contribution >= 4 is 23.4 Å². The average Bonchev–Trinajstić information content (AvgIpc) is 2.88. The first-order valence-electron chi connectivity index (χ1n) is 9.44. The highest BCUT2D eigenvalue weighted by Crippen LogP contribution is 2.26. The highest BCUT2D eigenvalue weighted by atomic mass is 35.5. The summed E-state index contributed by atoms with van der Waals surface area (Å²) in [7, 11) is 0. The molecule has 4 nitrogen and oxygen atoms in total. The average molecular weight is 363 g/mol. The summed E-state index contributed by atoms with van der Waals surface area (Å²) in [5.74, 6) is 0.639. The number of carbonyl (C=O) groups excluding carboxylic acids is 2. The van der Waals surface area contributed by atoms with Crippen molar-refractivity contribution < 1.29 is 9.59 Å². The van der Waals surface area contributed by atoms with Gasteiger partial charge in [0.2, 0.25) is 11.8 Å². The molecule has 1 aromatic rings. The number of carbonyl (C=O) groups is 2. The van der Waals surface area contributed by atoms with Gasteiger partial charge in [-0.25, -0.2) is 0 Å². The lowest BCUT2D eigenvalue weighted by atomic mass is 9.88. The molecular weight excluding hydrogens is 336 g/mol. The van der Waals surface area contributed by atoms with Gasteiger partial charge in [-0.15, -0.1) is 0 Å². The molecule has 1 saturated carbocycles. The first kappa shape index (κ1) is 18.2. The van der Waals surface area contributed by atoms with E-state index in [4.69, 9.17) is 11.6 Å². The first-order valence-corrected chi connectivity index (χ1v) is 9.82. The lowest BCUT2D eigenvalue weighted by Gasteiger charge is -2.28. The summed E-state index contributed by atoms with van der Waals surface area (Å²) in [4.78, 5) is 29.2. The molecule has 0 atom stereocenters. The number of rotatable bonds is 3. The molecule has 1 aromatic carbocycles. The lowest BCUT2D eigenvalue weighted by molar-refractivity contribution is -0.137. The van der Waals surface area contributed by atoms with Crippen LogP contribution in [-0.4, -0.2) is 47.8 Å². The van der Waals surface area contributed by atoms with E-state index in [-0.39, 0.29) is 11.8 Å². The van der Waals surface area contributed by atoms with Gasteiger partial charge in [0.15, 0.2) is 0 Å².